The third-order valence-electron chi connectivity index (χ3n) is 7.30. The number of thiophene rings is 1. The van der Waals surface area contributed by atoms with Crippen molar-refractivity contribution < 1.29 is 14.3 Å². The molecule has 2 aromatic carbocycles. The maximum absolute atomic E-state index is 13.9. The third kappa shape index (κ3) is 5.94. The third-order valence-corrected chi connectivity index (χ3v) is 8.97. The molecule has 1 N–H and O–H groups in total. The van der Waals surface area contributed by atoms with Crippen LogP contribution in [0.5, 0.6) is 0 Å². The number of carbonyl (C=O) groups is 2. The Morgan fingerprint density at radius 3 is 2.67 bits per heavy atom. The highest BCUT2D eigenvalue weighted by molar-refractivity contribution is 9.10. The van der Waals surface area contributed by atoms with Crippen LogP contribution in [0, 0.1) is 5.92 Å². The van der Waals surface area contributed by atoms with E-state index in [1.165, 1.54) is 21.8 Å². The summed E-state index contributed by atoms with van der Waals surface area (Å²) in [6.07, 6.45) is 6.12. The molecular weight excluding hydrogens is 572 g/mol. The molecular formula is C32H33BrN2O3S. The van der Waals surface area contributed by atoms with Gasteiger partial charge >= 0.3 is 5.97 Å². The van der Waals surface area contributed by atoms with Gasteiger partial charge in [0.1, 0.15) is 5.00 Å². The highest BCUT2D eigenvalue weighted by Crippen LogP contribution is 2.40. The lowest BCUT2D eigenvalue weighted by Crippen LogP contribution is -2.17. The lowest BCUT2D eigenvalue weighted by Gasteiger charge is -2.18. The second kappa shape index (κ2) is 12.0. The van der Waals surface area contributed by atoms with Crippen LogP contribution in [0.3, 0.4) is 0 Å². The number of aromatic nitrogens is 1. The van der Waals surface area contributed by atoms with Crippen LogP contribution in [0.4, 0.5) is 5.00 Å². The Balaban J connectivity index is 1.55. The number of fused-ring (bicyclic) bond motifs is 2. The SMILES string of the molecule is CCCCc1ccc(-c2cc(C(=O)Nc3sc4c(c3C(=O)OCC)CC[C@@H](C)C4)c3cc(Br)ccc3n2)cc1. The maximum atomic E-state index is 13.9. The molecule has 0 saturated heterocycles. The summed E-state index contributed by atoms with van der Waals surface area (Å²) in [7, 11) is 0. The summed E-state index contributed by atoms with van der Waals surface area (Å²) in [5.74, 6) is -0.0864. The topological polar surface area (TPSA) is 68.3 Å². The van der Waals surface area contributed by atoms with Crippen molar-refractivity contribution in [3.05, 3.63) is 80.1 Å². The van der Waals surface area contributed by atoms with Gasteiger partial charge in [0.25, 0.3) is 5.91 Å². The molecule has 202 valence electrons. The highest BCUT2D eigenvalue weighted by atomic mass is 79.9. The summed E-state index contributed by atoms with van der Waals surface area (Å²) in [6.45, 7) is 6.51. The van der Waals surface area contributed by atoms with Crippen LogP contribution >= 0.6 is 27.3 Å². The summed E-state index contributed by atoms with van der Waals surface area (Å²) in [5, 5.41) is 4.41. The minimum Gasteiger partial charge on any atom is -0.462 e. The number of hydrogen-bond acceptors (Lipinski definition) is 5. The van der Waals surface area contributed by atoms with Gasteiger partial charge < -0.3 is 10.1 Å². The normalized spacial score (nSPS) is 14.7. The molecule has 5 nitrogen and oxygen atoms in total. The van der Waals surface area contributed by atoms with E-state index >= 15 is 0 Å². The van der Waals surface area contributed by atoms with Gasteiger partial charge in [0, 0.05) is 20.3 Å². The van der Waals surface area contributed by atoms with Gasteiger partial charge in [-0.05, 0) is 80.3 Å². The summed E-state index contributed by atoms with van der Waals surface area (Å²) < 4.78 is 6.27. The number of unbranched alkanes of at least 4 members (excludes halogenated alkanes) is 1. The molecule has 4 aromatic rings. The second-order valence-corrected chi connectivity index (χ2v) is 12.3. The predicted molar refractivity (Wildman–Crippen MR) is 163 cm³/mol. The van der Waals surface area contributed by atoms with Crippen LogP contribution in [0.2, 0.25) is 0 Å². The van der Waals surface area contributed by atoms with Crippen LogP contribution in [0.1, 0.15) is 76.8 Å². The second-order valence-electron chi connectivity index (χ2n) is 10.2. The molecule has 2 aromatic heterocycles. The Labute approximate surface area is 242 Å². The van der Waals surface area contributed by atoms with Crippen LogP contribution in [-0.4, -0.2) is 23.5 Å². The van der Waals surface area contributed by atoms with E-state index in [0.717, 1.165) is 70.7 Å². The zero-order chi connectivity index (χ0) is 27.5. The van der Waals surface area contributed by atoms with E-state index in [1.807, 2.05) is 24.3 Å². The number of nitrogens with zero attached hydrogens (tertiary/aromatic N) is 1. The quantitative estimate of drug-likeness (QED) is 0.204. The van der Waals surface area contributed by atoms with E-state index in [1.54, 1.807) is 6.92 Å². The molecule has 5 rings (SSSR count). The number of hydrogen-bond donors (Lipinski definition) is 1. The Morgan fingerprint density at radius 1 is 1.13 bits per heavy atom. The molecule has 0 fully saturated rings. The van der Waals surface area contributed by atoms with Gasteiger partial charge in [-0.3, -0.25) is 4.79 Å². The molecule has 0 radical (unpaired) electrons. The number of amides is 1. The average molecular weight is 606 g/mol. The first-order valence-electron chi connectivity index (χ1n) is 13.7. The van der Waals surface area contributed by atoms with Crippen molar-refractivity contribution >= 4 is 55.0 Å². The van der Waals surface area contributed by atoms with Gasteiger partial charge in [-0.2, -0.15) is 0 Å². The molecule has 1 aliphatic rings. The Kier molecular flexibility index (Phi) is 8.48. The zero-order valence-electron chi connectivity index (χ0n) is 22.6. The van der Waals surface area contributed by atoms with E-state index in [9.17, 15) is 9.59 Å². The largest absolute Gasteiger partial charge is 0.462 e. The van der Waals surface area contributed by atoms with Crippen LogP contribution in [0.15, 0.2) is 53.0 Å². The van der Waals surface area contributed by atoms with Crippen molar-refractivity contribution in [2.24, 2.45) is 5.92 Å². The van der Waals surface area contributed by atoms with Gasteiger partial charge in [0.2, 0.25) is 0 Å². The number of carbonyl (C=O) groups excluding carboxylic acids is 2. The van der Waals surface area contributed by atoms with E-state index in [0.29, 0.717) is 22.0 Å². The molecule has 0 spiro atoms. The van der Waals surface area contributed by atoms with Gasteiger partial charge in [-0.15, -0.1) is 11.3 Å². The molecule has 39 heavy (non-hydrogen) atoms. The fraction of sp³-hybridized carbons (Fsp3) is 0.344. The number of halogens is 1. The number of esters is 1. The van der Waals surface area contributed by atoms with Crippen LogP contribution in [-0.2, 0) is 24.0 Å². The zero-order valence-corrected chi connectivity index (χ0v) is 25.0. The molecule has 1 aliphatic carbocycles. The fourth-order valence-electron chi connectivity index (χ4n) is 5.19. The lowest BCUT2D eigenvalue weighted by atomic mass is 9.88. The monoisotopic (exact) mass is 604 g/mol. The summed E-state index contributed by atoms with van der Waals surface area (Å²) in [5.41, 5.74) is 5.79. The number of rotatable bonds is 8. The smallest absolute Gasteiger partial charge is 0.341 e. The number of nitrogens with one attached hydrogen (secondary N) is 1. The molecule has 0 bridgehead atoms. The molecule has 7 heteroatoms. The van der Waals surface area contributed by atoms with Crippen molar-refractivity contribution in [1.29, 1.82) is 0 Å². The van der Waals surface area contributed by atoms with Gasteiger partial charge in [-0.25, -0.2) is 9.78 Å². The minimum absolute atomic E-state index is 0.265. The number of anilines is 1. The van der Waals surface area contributed by atoms with Crippen molar-refractivity contribution in [1.82, 2.24) is 4.98 Å². The molecule has 0 unspecified atom stereocenters. The molecule has 1 amide bonds. The first kappa shape index (κ1) is 27.5. The Hall–Kier alpha value is -3.03. The molecule has 0 aliphatic heterocycles. The van der Waals surface area contributed by atoms with E-state index < -0.39 is 0 Å². The van der Waals surface area contributed by atoms with Crippen molar-refractivity contribution in [2.75, 3.05) is 11.9 Å². The first-order chi connectivity index (χ1) is 18.9. The predicted octanol–water partition coefficient (Wildman–Crippen LogP) is 8.62. The Morgan fingerprint density at radius 2 is 1.92 bits per heavy atom. The van der Waals surface area contributed by atoms with Gasteiger partial charge in [0.15, 0.2) is 0 Å². The number of ether oxygens (including phenoxy) is 1. The van der Waals surface area contributed by atoms with E-state index in [4.69, 9.17) is 9.72 Å². The lowest BCUT2D eigenvalue weighted by molar-refractivity contribution is 0.0526. The first-order valence-corrected chi connectivity index (χ1v) is 15.3. The summed E-state index contributed by atoms with van der Waals surface area (Å²) in [4.78, 5) is 33.0. The maximum Gasteiger partial charge on any atom is 0.341 e. The minimum atomic E-state index is -0.369. The molecule has 1 atom stereocenters. The van der Waals surface area contributed by atoms with E-state index in [2.05, 4.69) is 59.4 Å². The van der Waals surface area contributed by atoms with E-state index in [-0.39, 0.29) is 18.5 Å². The number of pyridine rings is 1. The van der Waals surface area contributed by atoms with Crippen molar-refractivity contribution in [3.63, 3.8) is 0 Å². The molecule has 0 saturated carbocycles. The van der Waals surface area contributed by atoms with Crippen molar-refractivity contribution in [2.45, 2.75) is 59.3 Å². The standard InChI is InChI=1S/C32H33BrN2O3S/c1-4-6-7-20-9-11-21(12-10-20)27-18-25(24-17-22(33)13-15-26(24)34-27)30(36)35-31-29(32(37)38-5-2)23-14-8-19(3)16-28(23)39-31/h9-13,15,17-19H,4-8,14,16H2,1-3H3,(H,35,36)/t19-/m1/s1. The molecule has 2 heterocycles. The summed E-state index contributed by atoms with van der Waals surface area (Å²) in [6, 6.07) is 16.1. The average Bonchev–Trinajstić information content (AvgIpc) is 3.28. The van der Waals surface area contributed by atoms with Crippen LogP contribution < -0.4 is 5.32 Å². The highest BCUT2D eigenvalue weighted by Gasteiger charge is 2.29. The summed E-state index contributed by atoms with van der Waals surface area (Å²) >= 11 is 5.05. The van der Waals surface area contributed by atoms with Gasteiger partial charge in [-0.1, -0.05) is 60.5 Å². The fourth-order valence-corrected chi connectivity index (χ4v) is 6.94. The Bertz CT molecular complexity index is 1530. The van der Waals surface area contributed by atoms with Crippen molar-refractivity contribution in [3.8, 4) is 11.3 Å². The van der Waals surface area contributed by atoms with Crippen LogP contribution in [0.25, 0.3) is 22.2 Å². The number of benzene rings is 2. The van der Waals surface area contributed by atoms with Gasteiger partial charge in [0.05, 0.1) is 28.9 Å². The number of aryl methyl sites for hydroxylation is 1.